The molecule has 0 aromatic carbocycles. The Balaban J connectivity index is 2.57. The molecule has 0 spiro atoms. The van der Waals surface area contributed by atoms with Crippen molar-refractivity contribution in [2.45, 2.75) is 37.5 Å². The fraction of sp³-hybridized carbons (Fsp3) is 0.857. The van der Waals surface area contributed by atoms with Gasteiger partial charge >= 0.3 is 5.97 Å². The molecule has 0 saturated carbocycles. The molecule has 0 aromatic rings. The van der Waals surface area contributed by atoms with Crippen LogP contribution in [0, 0.1) is 0 Å². The quantitative estimate of drug-likeness (QED) is 0.250. The van der Waals surface area contributed by atoms with Crippen LogP contribution in [0.2, 0.25) is 0 Å². The fourth-order valence-electron chi connectivity index (χ4n) is 2.37. The summed E-state index contributed by atoms with van der Waals surface area (Å²) in [4.78, 5) is 22.6. The number of carbonyl (C=O) groups is 2. The molecule has 0 aromatic heterocycles. The summed E-state index contributed by atoms with van der Waals surface area (Å²) >= 11 is 0. The molecule has 10 N–H and O–H groups in total. The van der Waals surface area contributed by atoms with E-state index in [9.17, 15) is 9.59 Å². The molecular formula is C14H31N7O3. The van der Waals surface area contributed by atoms with E-state index in [1.165, 1.54) is 0 Å². The molecule has 1 amide bonds. The van der Waals surface area contributed by atoms with E-state index in [1.54, 1.807) is 0 Å². The molecule has 0 aliphatic carbocycles. The molecule has 1 fully saturated rings. The van der Waals surface area contributed by atoms with Crippen LogP contribution in [0.25, 0.3) is 0 Å². The Kier molecular flexibility index (Phi) is 8.53. The van der Waals surface area contributed by atoms with Crippen LogP contribution in [0.5, 0.6) is 0 Å². The first-order chi connectivity index (χ1) is 11.3. The third-order valence-corrected chi connectivity index (χ3v) is 3.89. The van der Waals surface area contributed by atoms with E-state index < -0.39 is 17.3 Å². The highest BCUT2D eigenvalue weighted by Crippen LogP contribution is 2.02. The molecular weight excluding hydrogens is 314 g/mol. The Morgan fingerprint density at radius 2 is 1.83 bits per heavy atom. The van der Waals surface area contributed by atoms with Gasteiger partial charge in [-0.2, -0.15) is 0 Å². The molecule has 0 bridgehead atoms. The maximum absolute atomic E-state index is 12.1. The zero-order chi connectivity index (χ0) is 18.1. The van der Waals surface area contributed by atoms with Crippen molar-refractivity contribution >= 4 is 11.9 Å². The molecule has 1 aliphatic heterocycles. The van der Waals surface area contributed by atoms with E-state index in [2.05, 4.69) is 26.6 Å². The Morgan fingerprint density at radius 1 is 1.17 bits per heavy atom. The minimum absolute atomic E-state index is 0.0186. The highest BCUT2D eigenvalue weighted by molar-refractivity contribution is 5.77. The van der Waals surface area contributed by atoms with Gasteiger partial charge in [0.2, 0.25) is 5.91 Å². The summed E-state index contributed by atoms with van der Waals surface area (Å²) < 4.78 is 0. The lowest BCUT2D eigenvalue weighted by Crippen LogP contribution is -2.68. The van der Waals surface area contributed by atoms with E-state index in [0.29, 0.717) is 32.7 Å². The van der Waals surface area contributed by atoms with Crippen molar-refractivity contribution in [2.24, 2.45) is 11.5 Å². The van der Waals surface area contributed by atoms with Gasteiger partial charge in [0.1, 0.15) is 5.66 Å². The second kappa shape index (κ2) is 9.87. The molecule has 1 aliphatic rings. The summed E-state index contributed by atoms with van der Waals surface area (Å²) in [5.74, 6) is -1.10. The number of nitrogens with two attached hydrogens (primary N) is 2. The smallest absolute Gasteiger partial charge is 0.303 e. The molecule has 2 atom stereocenters. The van der Waals surface area contributed by atoms with Crippen molar-refractivity contribution in [2.75, 3.05) is 39.4 Å². The monoisotopic (exact) mass is 345 g/mol. The van der Waals surface area contributed by atoms with Crippen LogP contribution in [-0.2, 0) is 9.59 Å². The maximum Gasteiger partial charge on any atom is 0.303 e. The first-order valence-corrected chi connectivity index (χ1v) is 8.22. The van der Waals surface area contributed by atoms with E-state index in [4.69, 9.17) is 16.6 Å². The summed E-state index contributed by atoms with van der Waals surface area (Å²) in [5.41, 5.74) is 10.5. The van der Waals surface area contributed by atoms with Gasteiger partial charge < -0.3 is 32.5 Å². The number of nitrogens with one attached hydrogen (secondary N) is 5. The average molecular weight is 345 g/mol. The fourth-order valence-corrected chi connectivity index (χ4v) is 2.37. The van der Waals surface area contributed by atoms with Gasteiger partial charge in [0.25, 0.3) is 0 Å². The Labute approximate surface area is 142 Å². The van der Waals surface area contributed by atoms with Gasteiger partial charge in [-0.3, -0.25) is 20.2 Å². The number of amides is 1. The highest BCUT2D eigenvalue weighted by Gasteiger charge is 2.28. The third-order valence-electron chi connectivity index (χ3n) is 3.89. The molecule has 1 rings (SSSR count). The van der Waals surface area contributed by atoms with Crippen LogP contribution < -0.4 is 38.1 Å². The zero-order valence-corrected chi connectivity index (χ0v) is 14.3. The van der Waals surface area contributed by atoms with Crippen molar-refractivity contribution in [1.29, 1.82) is 0 Å². The highest BCUT2D eigenvalue weighted by atomic mass is 16.4. The predicted molar refractivity (Wildman–Crippen MR) is 90.9 cm³/mol. The summed E-state index contributed by atoms with van der Waals surface area (Å²) in [6.45, 7) is 4.99. The van der Waals surface area contributed by atoms with Crippen LogP contribution in [0.1, 0.15) is 26.2 Å². The summed E-state index contributed by atoms with van der Waals surface area (Å²) in [7, 11) is 0. The Hall–Kier alpha value is -1.30. The van der Waals surface area contributed by atoms with Gasteiger partial charge in [-0.1, -0.05) is 0 Å². The van der Waals surface area contributed by atoms with Crippen molar-refractivity contribution in [1.82, 2.24) is 26.6 Å². The largest absolute Gasteiger partial charge is 0.481 e. The SMILES string of the molecule is CC1(NC(=O)CCCC(=O)O)CNCCNCC(N)(CN)NCN1. The number of hydrogen-bond acceptors (Lipinski definition) is 8. The standard InChI is InChI=1S/C14H31N7O3/c1-13(21-11(22)3-2-4-12(23)24)8-17-5-6-18-9-14(16,7-15)20-10-19-13/h17-20H,2-10,15-16H2,1H3,(H,21,22)(H,23,24). The molecule has 10 nitrogen and oxygen atoms in total. The molecule has 0 radical (unpaired) electrons. The topological polar surface area (TPSA) is 167 Å². The molecule has 24 heavy (non-hydrogen) atoms. The minimum atomic E-state index is -0.901. The molecule has 140 valence electrons. The van der Waals surface area contributed by atoms with Crippen LogP contribution in [-0.4, -0.2) is 67.7 Å². The zero-order valence-electron chi connectivity index (χ0n) is 14.3. The van der Waals surface area contributed by atoms with Crippen LogP contribution in [0.3, 0.4) is 0 Å². The van der Waals surface area contributed by atoms with Crippen molar-refractivity contribution in [3.8, 4) is 0 Å². The van der Waals surface area contributed by atoms with E-state index >= 15 is 0 Å². The first kappa shape index (κ1) is 20.7. The van der Waals surface area contributed by atoms with Crippen LogP contribution >= 0.6 is 0 Å². The number of carboxylic acids is 1. The van der Waals surface area contributed by atoms with Gasteiger partial charge in [-0.15, -0.1) is 0 Å². The first-order valence-electron chi connectivity index (χ1n) is 8.22. The molecule has 1 saturated heterocycles. The van der Waals surface area contributed by atoms with Crippen molar-refractivity contribution in [3.63, 3.8) is 0 Å². The van der Waals surface area contributed by atoms with Crippen molar-refractivity contribution in [3.05, 3.63) is 0 Å². The number of hydrogen-bond donors (Lipinski definition) is 8. The van der Waals surface area contributed by atoms with Gasteiger partial charge in [0.05, 0.1) is 5.66 Å². The lowest BCUT2D eigenvalue weighted by Gasteiger charge is -2.35. The maximum atomic E-state index is 12.1. The molecule has 10 heteroatoms. The van der Waals surface area contributed by atoms with Crippen molar-refractivity contribution < 1.29 is 14.7 Å². The average Bonchev–Trinajstić information content (AvgIpc) is 2.52. The molecule has 2 unspecified atom stereocenters. The number of rotatable bonds is 6. The number of carbonyl (C=O) groups excluding carboxylic acids is 1. The minimum Gasteiger partial charge on any atom is -0.481 e. The Bertz CT molecular complexity index is 423. The van der Waals surface area contributed by atoms with E-state index in [0.717, 1.165) is 6.54 Å². The van der Waals surface area contributed by atoms with Gasteiger partial charge in [0, 0.05) is 52.2 Å². The number of aliphatic carboxylic acids is 1. The summed E-state index contributed by atoms with van der Waals surface area (Å²) in [6, 6.07) is 0. The normalized spacial score (nSPS) is 29.5. The van der Waals surface area contributed by atoms with Crippen LogP contribution in [0.15, 0.2) is 0 Å². The summed E-state index contributed by atoms with van der Waals surface area (Å²) in [6.07, 6.45) is 0.462. The van der Waals surface area contributed by atoms with E-state index in [1.807, 2.05) is 6.92 Å². The summed E-state index contributed by atoms with van der Waals surface area (Å²) in [5, 5.41) is 24.4. The van der Waals surface area contributed by atoms with E-state index in [-0.39, 0.29) is 25.3 Å². The lowest BCUT2D eigenvalue weighted by atomic mass is 10.1. The Morgan fingerprint density at radius 3 is 2.46 bits per heavy atom. The second-order valence-electron chi connectivity index (χ2n) is 6.37. The second-order valence-corrected chi connectivity index (χ2v) is 6.37. The number of carboxylic acid groups (broad SMARTS) is 1. The van der Waals surface area contributed by atoms with Gasteiger partial charge in [-0.25, -0.2) is 0 Å². The van der Waals surface area contributed by atoms with Gasteiger partial charge in [-0.05, 0) is 13.3 Å². The predicted octanol–water partition coefficient (Wildman–Crippen LogP) is -2.98. The van der Waals surface area contributed by atoms with Gasteiger partial charge in [0.15, 0.2) is 0 Å². The lowest BCUT2D eigenvalue weighted by molar-refractivity contribution is -0.137. The third kappa shape index (κ3) is 7.99. The van der Waals surface area contributed by atoms with Crippen LogP contribution in [0.4, 0.5) is 0 Å². The molecule has 1 heterocycles.